The zero-order chi connectivity index (χ0) is 10.6. The maximum absolute atomic E-state index is 6.02. The van der Waals surface area contributed by atoms with Crippen LogP contribution >= 0.6 is 11.6 Å². The Labute approximate surface area is 89.0 Å². The lowest BCUT2D eigenvalue weighted by atomic mass is 10.2. The molecule has 78 valence electrons. The topological polar surface area (TPSA) is 30.5 Å². The molecule has 0 heterocycles. The van der Waals surface area contributed by atoms with Crippen molar-refractivity contribution in [1.82, 2.24) is 0 Å². The molecule has 0 spiro atoms. The molecule has 1 N–H and O–H groups in total. The number of rotatable bonds is 4. The second-order valence-corrected chi connectivity index (χ2v) is 3.12. The van der Waals surface area contributed by atoms with Crippen molar-refractivity contribution < 1.29 is 9.47 Å². The van der Waals surface area contributed by atoms with Gasteiger partial charge in [0, 0.05) is 18.7 Å². The van der Waals surface area contributed by atoms with Gasteiger partial charge in [0.1, 0.15) is 0 Å². The van der Waals surface area contributed by atoms with E-state index in [0.717, 1.165) is 12.2 Å². The first-order chi connectivity index (χ1) is 6.72. The summed E-state index contributed by atoms with van der Waals surface area (Å²) in [5.74, 6) is 1.31. The quantitative estimate of drug-likeness (QED) is 0.838. The molecule has 0 saturated heterocycles. The van der Waals surface area contributed by atoms with Gasteiger partial charge in [-0.2, -0.15) is 0 Å². The van der Waals surface area contributed by atoms with E-state index in [1.54, 1.807) is 20.3 Å². The third-order valence-corrected chi connectivity index (χ3v) is 2.15. The van der Waals surface area contributed by atoms with Crippen molar-refractivity contribution in [1.29, 1.82) is 0 Å². The number of ether oxygens (including phenoxy) is 2. The summed E-state index contributed by atoms with van der Waals surface area (Å²) in [6, 6.07) is 3.56. The minimum absolute atomic E-state index is 0.629. The summed E-state index contributed by atoms with van der Waals surface area (Å²) in [6.07, 6.45) is 0. The monoisotopic (exact) mass is 215 g/mol. The maximum Gasteiger partial charge on any atom is 0.162 e. The first-order valence-electron chi connectivity index (χ1n) is 4.38. The van der Waals surface area contributed by atoms with E-state index in [9.17, 15) is 0 Å². The molecule has 0 unspecified atom stereocenters. The SMILES string of the molecule is CCNc1cc(OC)c(OC)cc1Cl. The molecule has 0 aromatic heterocycles. The van der Waals surface area contributed by atoms with Crippen molar-refractivity contribution in [3.05, 3.63) is 17.2 Å². The summed E-state index contributed by atoms with van der Waals surface area (Å²) < 4.78 is 10.3. The Balaban J connectivity index is 3.09. The van der Waals surface area contributed by atoms with Crippen LogP contribution in [0.4, 0.5) is 5.69 Å². The van der Waals surface area contributed by atoms with Crippen molar-refractivity contribution in [2.75, 3.05) is 26.1 Å². The summed E-state index contributed by atoms with van der Waals surface area (Å²) in [4.78, 5) is 0. The van der Waals surface area contributed by atoms with Crippen LogP contribution < -0.4 is 14.8 Å². The minimum atomic E-state index is 0.629. The molecule has 3 nitrogen and oxygen atoms in total. The normalized spacial score (nSPS) is 9.71. The summed E-state index contributed by atoms with van der Waals surface area (Å²) in [5, 5.41) is 3.76. The molecular weight excluding hydrogens is 202 g/mol. The van der Waals surface area contributed by atoms with Gasteiger partial charge < -0.3 is 14.8 Å². The fraction of sp³-hybridized carbons (Fsp3) is 0.400. The fourth-order valence-electron chi connectivity index (χ4n) is 1.18. The molecular formula is C10H14ClNO2. The molecule has 0 amide bonds. The smallest absolute Gasteiger partial charge is 0.162 e. The van der Waals surface area contributed by atoms with Gasteiger partial charge in [-0.1, -0.05) is 11.6 Å². The Morgan fingerprint density at radius 2 is 1.79 bits per heavy atom. The molecule has 0 bridgehead atoms. The molecule has 0 radical (unpaired) electrons. The largest absolute Gasteiger partial charge is 0.493 e. The maximum atomic E-state index is 6.02. The molecule has 0 fully saturated rings. The van der Waals surface area contributed by atoms with E-state index in [1.165, 1.54) is 0 Å². The lowest BCUT2D eigenvalue weighted by Crippen LogP contribution is -1.99. The predicted octanol–water partition coefficient (Wildman–Crippen LogP) is 2.79. The summed E-state index contributed by atoms with van der Waals surface area (Å²) in [6.45, 7) is 2.82. The van der Waals surface area contributed by atoms with Crippen molar-refractivity contribution in [3.8, 4) is 11.5 Å². The first-order valence-corrected chi connectivity index (χ1v) is 4.76. The highest BCUT2D eigenvalue weighted by molar-refractivity contribution is 6.33. The molecule has 4 heteroatoms. The molecule has 14 heavy (non-hydrogen) atoms. The first kappa shape index (κ1) is 11.0. The van der Waals surface area contributed by atoms with Crippen LogP contribution in [0.1, 0.15) is 6.92 Å². The number of nitrogens with one attached hydrogen (secondary N) is 1. The van der Waals surface area contributed by atoms with Crippen LogP contribution in [-0.4, -0.2) is 20.8 Å². The second kappa shape index (κ2) is 4.96. The zero-order valence-electron chi connectivity index (χ0n) is 8.56. The molecule has 1 aromatic rings. The molecule has 0 aliphatic rings. The van der Waals surface area contributed by atoms with Gasteiger partial charge in [-0.05, 0) is 6.92 Å². The molecule has 0 aliphatic carbocycles. The lowest BCUT2D eigenvalue weighted by Gasteiger charge is -2.12. The number of methoxy groups -OCH3 is 2. The highest BCUT2D eigenvalue weighted by atomic mass is 35.5. The van der Waals surface area contributed by atoms with Gasteiger partial charge in [0.15, 0.2) is 11.5 Å². The van der Waals surface area contributed by atoms with Crippen molar-refractivity contribution in [2.24, 2.45) is 0 Å². The highest BCUT2D eigenvalue weighted by Crippen LogP contribution is 2.35. The van der Waals surface area contributed by atoms with Gasteiger partial charge in [0.05, 0.1) is 24.9 Å². The van der Waals surface area contributed by atoms with Crippen LogP contribution in [0.25, 0.3) is 0 Å². The summed E-state index contributed by atoms with van der Waals surface area (Å²) in [7, 11) is 3.18. The van der Waals surface area contributed by atoms with E-state index in [0.29, 0.717) is 16.5 Å². The van der Waals surface area contributed by atoms with Gasteiger partial charge in [-0.3, -0.25) is 0 Å². The third kappa shape index (κ3) is 2.23. The number of hydrogen-bond donors (Lipinski definition) is 1. The van der Waals surface area contributed by atoms with Crippen LogP contribution in [0.3, 0.4) is 0 Å². The van der Waals surface area contributed by atoms with Gasteiger partial charge >= 0.3 is 0 Å². The molecule has 0 atom stereocenters. The fourth-order valence-corrected chi connectivity index (χ4v) is 1.40. The summed E-state index contributed by atoms with van der Waals surface area (Å²) >= 11 is 6.02. The molecule has 0 saturated carbocycles. The number of benzene rings is 1. The van der Waals surface area contributed by atoms with Crippen LogP contribution in [0.5, 0.6) is 11.5 Å². The van der Waals surface area contributed by atoms with Crippen LogP contribution in [0, 0.1) is 0 Å². The van der Waals surface area contributed by atoms with E-state index in [2.05, 4.69) is 5.32 Å². The molecule has 1 rings (SSSR count). The average molecular weight is 216 g/mol. The number of anilines is 1. The standard InChI is InChI=1S/C10H14ClNO2/c1-4-12-8-6-10(14-3)9(13-2)5-7(8)11/h5-6,12H,4H2,1-3H3. The van der Waals surface area contributed by atoms with Gasteiger partial charge in [-0.25, -0.2) is 0 Å². The Hall–Kier alpha value is -1.09. The van der Waals surface area contributed by atoms with E-state index in [1.807, 2.05) is 13.0 Å². The van der Waals surface area contributed by atoms with Crippen molar-refractivity contribution in [2.45, 2.75) is 6.92 Å². The zero-order valence-corrected chi connectivity index (χ0v) is 9.31. The Bertz CT molecular complexity index is 315. The van der Waals surface area contributed by atoms with Crippen molar-refractivity contribution >= 4 is 17.3 Å². The Morgan fingerprint density at radius 3 is 2.29 bits per heavy atom. The van der Waals surface area contributed by atoms with Gasteiger partial charge in [-0.15, -0.1) is 0 Å². The molecule has 0 aliphatic heterocycles. The third-order valence-electron chi connectivity index (χ3n) is 1.84. The van der Waals surface area contributed by atoms with Crippen LogP contribution in [-0.2, 0) is 0 Å². The van der Waals surface area contributed by atoms with Crippen LogP contribution in [0.15, 0.2) is 12.1 Å². The second-order valence-electron chi connectivity index (χ2n) is 2.72. The number of hydrogen-bond acceptors (Lipinski definition) is 3. The lowest BCUT2D eigenvalue weighted by molar-refractivity contribution is 0.355. The Morgan fingerprint density at radius 1 is 1.21 bits per heavy atom. The van der Waals surface area contributed by atoms with Crippen LogP contribution in [0.2, 0.25) is 5.02 Å². The predicted molar refractivity (Wildman–Crippen MR) is 58.7 cm³/mol. The van der Waals surface area contributed by atoms with E-state index in [-0.39, 0.29) is 0 Å². The summed E-state index contributed by atoms with van der Waals surface area (Å²) in [5.41, 5.74) is 0.854. The Kier molecular flexibility index (Phi) is 3.89. The van der Waals surface area contributed by atoms with E-state index >= 15 is 0 Å². The number of halogens is 1. The highest BCUT2D eigenvalue weighted by Gasteiger charge is 2.08. The van der Waals surface area contributed by atoms with E-state index in [4.69, 9.17) is 21.1 Å². The van der Waals surface area contributed by atoms with Gasteiger partial charge in [0.2, 0.25) is 0 Å². The van der Waals surface area contributed by atoms with Gasteiger partial charge in [0.25, 0.3) is 0 Å². The average Bonchev–Trinajstić information content (AvgIpc) is 2.20. The minimum Gasteiger partial charge on any atom is -0.493 e. The molecule has 1 aromatic carbocycles. The van der Waals surface area contributed by atoms with E-state index < -0.39 is 0 Å². The van der Waals surface area contributed by atoms with Crippen molar-refractivity contribution in [3.63, 3.8) is 0 Å².